The molecule has 1 saturated carbocycles. The van der Waals surface area contributed by atoms with Gasteiger partial charge in [-0.05, 0) is 42.7 Å². The van der Waals surface area contributed by atoms with Crippen molar-refractivity contribution in [2.45, 2.75) is 52.2 Å². The molecule has 0 radical (unpaired) electrons. The fourth-order valence-corrected chi connectivity index (χ4v) is 5.83. The molecule has 154 valence electrons. The van der Waals surface area contributed by atoms with E-state index in [9.17, 15) is 14.4 Å². The Bertz CT molecular complexity index is 952. The first-order valence-electron chi connectivity index (χ1n) is 9.82. The van der Waals surface area contributed by atoms with Gasteiger partial charge < -0.3 is 10.1 Å². The van der Waals surface area contributed by atoms with Gasteiger partial charge in [-0.1, -0.05) is 32.9 Å². The van der Waals surface area contributed by atoms with Gasteiger partial charge in [-0.3, -0.25) is 14.5 Å². The maximum Gasteiger partial charge on any atom is 0.326 e. The fourth-order valence-electron chi connectivity index (χ4n) is 4.95. The van der Waals surface area contributed by atoms with Crippen LogP contribution in [-0.2, 0) is 20.9 Å². The SMILES string of the molecule is C[C@H]1CC(C)(C)C[C@@]2(C1)NC(=O)N(CC(=O)OCc1nc3ccccc3s1)C2=O. The third kappa shape index (κ3) is 3.85. The van der Waals surface area contributed by atoms with E-state index in [1.54, 1.807) is 0 Å². The topological polar surface area (TPSA) is 88.6 Å². The van der Waals surface area contributed by atoms with E-state index in [1.165, 1.54) is 11.3 Å². The molecule has 4 rings (SSSR count). The standard InChI is InChI=1S/C21H25N3O4S/c1-13-8-20(2,3)12-21(9-13)18(26)24(19(27)23-21)10-17(25)28-11-16-22-14-6-4-5-7-15(14)29-16/h4-7,13H,8-12H2,1-3H3,(H,23,27)/t13-,21+/m0/s1. The second-order valence-corrected chi connectivity index (χ2v) is 10.1. The third-order valence-electron chi connectivity index (χ3n) is 5.61. The van der Waals surface area contributed by atoms with E-state index in [4.69, 9.17) is 4.74 Å². The average molecular weight is 416 g/mol. The molecule has 2 atom stereocenters. The second kappa shape index (κ2) is 7.09. The molecule has 1 saturated heterocycles. The summed E-state index contributed by atoms with van der Waals surface area (Å²) < 4.78 is 6.31. The smallest absolute Gasteiger partial charge is 0.326 e. The molecule has 1 aliphatic carbocycles. The minimum Gasteiger partial charge on any atom is -0.457 e. The zero-order valence-corrected chi connectivity index (χ0v) is 17.7. The molecule has 1 spiro atoms. The quantitative estimate of drug-likeness (QED) is 0.610. The normalized spacial score (nSPS) is 26.2. The number of para-hydroxylation sites is 1. The van der Waals surface area contributed by atoms with Crippen LogP contribution < -0.4 is 5.32 Å². The molecule has 29 heavy (non-hydrogen) atoms. The molecular weight excluding hydrogens is 390 g/mol. The van der Waals surface area contributed by atoms with Crippen molar-refractivity contribution in [2.75, 3.05) is 6.54 Å². The number of benzene rings is 1. The highest BCUT2D eigenvalue weighted by molar-refractivity contribution is 7.18. The van der Waals surface area contributed by atoms with Crippen LogP contribution in [-0.4, -0.2) is 39.9 Å². The molecule has 2 aliphatic rings. The lowest BCUT2D eigenvalue weighted by atomic mass is 9.64. The summed E-state index contributed by atoms with van der Waals surface area (Å²) >= 11 is 1.45. The molecule has 0 bridgehead atoms. The van der Waals surface area contributed by atoms with Crippen molar-refractivity contribution in [2.24, 2.45) is 11.3 Å². The Hall–Kier alpha value is -2.48. The van der Waals surface area contributed by atoms with Gasteiger partial charge in [-0.25, -0.2) is 9.78 Å². The van der Waals surface area contributed by atoms with Gasteiger partial charge in [0.05, 0.1) is 10.2 Å². The van der Waals surface area contributed by atoms with Gasteiger partial charge in [-0.15, -0.1) is 11.3 Å². The number of ether oxygens (including phenoxy) is 1. The van der Waals surface area contributed by atoms with Gasteiger partial charge in [0.15, 0.2) is 0 Å². The van der Waals surface area contributed by atoms with Crippen LogP contribution in [0.2, 0.25) is 0 Å². The van der Waals surface area contributed by atoms with Crippen LogP contribution in [0, 0.1) is 11.3 Å². The molecule has 2 heterocycles. The highest BCUT2D eigenvalue weighted by atomic mass is 32.1. The number of aromatic nitrogens is 1. The molecule has 1 aromatic carbocycles. The first-order valence-corrected chi connectivity index (χ1v) is 10.6. The Kier molecular flexibility index (Phi) is 4.85. The summed E-state index contributed by atoms with van der Waals surface area (Å²) in [6, 6.07) is 7.17. The van der Waals surface area contributed by atoms with Crippen LogP contribution in [0.3, 0.4) is 0 Å². The van der Waals surface area contributed by atoms with Crippen molar-refractivity contribution in [3.8, 4) is 0 Å². The Balaban J connectivity index is 1.40. The highest BCUT2D eigenvalue weighted by Crippen LogP contribution is 2.46. The first kappa shape index (κ1) is 19.8. The first-order chi connectivity index (χ1) is 13.7. The van der Waals surface area contributed by atoms with E-state index >= 15 is 0 Å². The van der Waals surface area contributed by atoms with Gasteiger partial charge >= 0.3 is 12.0 Å². The van der Waals surface area contributed by atoms with Crippen molar-refractivity contribution in [1.82, 2.24) is 15.2 Å². The summed E-state index contributed by atoms with van der Waals surface area (Å²) in [4.78, 5) is 43.3. The Morgan fingerprint density at radius 2 is 2.07 bits per heavy atom. The third-order valence-corrected chi connectivity index (χ3v) is 6.62. The molecule has 1 N–H and O–H groups in total. The number of nitrogens with zero attached hydrogens (tertiary/aromatic N) is 2. The summed E-state index contributed by atoms with van der Waals surface area (Å²) in [5, 5.41) is 3.55. The lowest BCUT2D eigenvalue weighted by molar-refractivity contribution is -0.149. The summed E-state index contributed by atoms with van der Waals surface area (Å²) in [5.41, 5.74) is -0.108. The van der Waals surface area contributed by atoms with Crippen molar-refractivity contribution in [3.63, 3.8) is 0 Å². The molecule has 1 aliphatic heterocycles. The van der Waals surface area contributed by atoms with Gasteiger partial charge in [0.25, 0.3) is 5.91 Å². The Labute approximate surface area is 173 Å². The van der Waals surface area contributed by atoms with E-state index in [0.717, 1.165) is 21.5 Å². The average Bonchev–Trinajstić information content (AvgIpc) is 3.12. The van der Waals surface area contributed by atoms with Crippen molar-refractivity contribution in [1.29, 1.82) is 0 Å². The van der Waals surface area contributed by atoms with Crippen LogP contribution in [0.5, 0.6) is 0 Å². The van der Waals surface area contributed by atoms with Crippen molar-refractivity contribution in [3.05, 3.63) is 29.3 Å². The number of amides is 3. The van der Waals surface area contributed by atoms with Crippen LogP contribution in [0.1, 0.15) is 45.0 Å². The number of nitrogens with one attached hydrogen (secondary N) is 1. The minimum absolute atomic E-state index is 0.0248. The number of imide groups is 1. The van der Waals surface area contributed by atoms with Crippen molar-refractivity contribution >= 4 is 39.5 Å². The van der Waals surface area contributed by atoms with E-state index < -0.39 is 17.5 Å². The molecule has 8 heteroatoms. The molecule has 2 aromatic rings. The fraction of sp³-hybridized carbons (Fsp3) is 0.524. The van der Waals surface area contributed by atoms with E-state index in [-0.39, 0.29) is 24.5 Å². The van der Waals surface area contributed by atoms with E-state index in [2.05, 4.69) is 31.1 Å². The van der Waals surface area contributed by atoms with Crippen LogP contribution in [0.25, 0.3) is 10.2 Å². The lowest BCUT2D eigenvalue weighted by Crippen LogP contribution is -2.54. The van der Waals surface area contributed by atoms with Crippen molar-refractivity contribution < 1.29 is 19.1 Å². The predicted octanol–water partition coefficient (Wildman–Crippen LogP) is 3.48. The largest absolute Gasteiger partial charge is 0.457 e. The number of urea groups is 1. The molecule has 2 fully saturated rings. The van der Waals surface area contributed by atoms with Crippen LogP contribution >= 0.6 is 11.3 Å². The zero-order valence-electron chi connectivity index (χ0n) is 16.9. The predicted molar refractivity (Wildman–Crippen MR) is 109 cm³/mol. The number of hydrogen-bond acceptors (Lipinski definition) is 6. The second-order valence-electron chi connectivity index (χ2n) is 8.99. The van der Waals surface area contributed by atoms with E-state index in [0.29, 0.717) is 23.8 Å². The summed E-state index contributed by atoms with van der Waals surface area (Å²) in [7, 11) is 0. The number of fused-ring (bicyclic) bond motifs is 1. The minimum atomic E-state index is -0.911. The zero-order chi connectivity index (χ0) is 20.8. The number of rotatable bonds is 4. The number of thiazole rings is 1. The van der Waals surface area contributed by atoms with Gasteiger partial charge in [-0.2, -0.15) is 0 Å². The molecule has 7 nitrogen and oxygen atoms in total. The lowest BCUT2D eigenvalue weighted by Gasteiger charge is -2.43. The van der Waals surface area contributed by atoms with Gasteiger partial charge in [0.1, 0.15) is 23.7 Å². The maximum atomic E-state index is 13.1. The molecule has 0 unspecified atom stereocenters. The van der Waals surface area contributed by atoms with E-state index in [1.807, 2.05) is 24.3 Å². The number of hydrogen-bond donors (Lipinski definition) is 1. The monoisotopic (exact) mass is 415 g/mol. The summed E-state index contributed by atoms with van der Waals surface area (Å²) in [5.74, 6) is -0.624. The van der Waals surface area contributed by atoms with Crippen LogP contribution in [0.4, 0.5) is 4.79 Å². The van der Waals surface area contributed by atoms with Gasteiger partial charge in [0, 0.05) is 0 Å². The molecule has 3 amide bonds. The number of carbonyl (C=O) groups is 3. The maximum absolute atomic E-state index is 13.1. The summed E-state index contributed by atoms with van der Waals surface area (Å²) in [6.45, 7) is 5.96. The number of carbonyl (C=O) groups excluding carboxylic acids is 3. The van der Waals surface area contributed by atoms with Gasteiger partial charge in [0.2, 0.25) is 0 Å². The Morgan fingerprint density at radius 1 is 1.31 bits per heavy atom. The highest BCUT2D eigenvalue weighted by Gasteiger charge is 2.56. The Morgan fingerprint density at radius 3 is 2.79 bits per heavy atom. The van der Waals surface area contributed by atoms with Crippen LogP contribution in [0.15, 0.2) is 24.3 Å². The molecule has 1 aromatic heterocycles. The molecular formula is C21H25N3O4S. The number of esters is 1. The summed E-state index contributed by atoms with van der Waals surface area (Å²) in [6.07, 6.45) is 2.17.